The van der Waals surface area contributed by atoms with Crippen molar-refractivity contribution in [2.45, 2.75) is 39.4 Å². The summed E-state index contributed by atoms with van der Waals surface area (Å²) in [4.78, 5) is 15.6. The molecule has 0 spiro atoms. The van der Waals surface area contributed by atoms with Crippen molar-refractivity contribution in [2.75, 3.05) is 0 Å². The van der Waals surface area contributed by atoms with Gasteiger partial charge in [0.25, 0.3) is 0 Å². The molecule has 0 saturated carbocycles. The van der Waals surface area contributed by atoms with Gasteiger partial charge in [0, 0.05) is 25.0 Å². The Morgan fingerprint density at radius 2 is 2.19 bits per heavy atom. The molecule has 1 amide bonds. The van der Waals surface area contributed by atoms with Crippen LogP contribution < -0.4 is 11.1 Å². The molecule has 0 aliphatic heterocycles. The number of rotatable bonds is 5. The maximum absolute atomic E-state index is 11.7. The summed E-state index contributed by atoms with van der Waals surface area (Å²) in [5, 5.41) is 2.89. The van der Waals surface area contributed by atoms with Gasteiger partial charge in [0.05, 0.1) is 12.4 Å². The SMILES string of the molecule is CC(Cn1ccnc1)NC(=O)[C@@H](N)C(C)C. The molecule has 5 heteroatoms. The van der Waals surface area contributed by atoms with E-state index in [1.165, 1.54) is 0 Å². The van der Waals surface area contributed by atoms with Crippen molar-refractivity contribution in [3.63, 3.8) is 0 Å². The predicted octanol–water partition coefficient (Wildman–Crippen LogP) is 0.371. The molecule has 16 heavy (non-hydrogen) atoms. The van der Waals surface area contributed by atoms with Crippen molar-refractivity contribution >= 4 is 5.91 Å². The third kappa shape index (κ3) is 3.66. The summed E-state index contributed by atoms with van der Waals surface area (Å²) < 4.78 is 1.92. The molecule has 0 radical (unpaired) electrons. The molecular formula is C11H20N4O. The van der Waals surface area contributed by atoms with Crippen LogP contribution in [-0.4, -0.2) is 27.5 Å². The maximum atomic E-state index is 11.7. The number of nitrogens with two attached hydrogens (primary N) is 1. The lowest BCUT2D eigenvalue weighted by molar-refractivity contribution is -0.123. The van der Waals surface area contributed by atoms with Crippen LogP contribution in [0.25, 0.3) is 0 Å². The molecule has 1 aromatic rings. The monoisotopic (exact) mass is 224 g/mol. The molecule has 5 nitrogen and oxygen atoms in total. The number of nitrogens with zero attached hydrogens (tertiary/aromatic N) is 2. The van der Waals surface area contributed by atoms with E-state index in [1.807, 2.05) is 31.5 Å². The van der Waals surface area contributed by atoms with Gasteiger partial charge in [0.2, 0.25) is 5.91 Å². The van der Waals surface area contributed by atoms with E-state index in [4.69, 9.17) is 5.73 Å². The van der Waals surface area contributed by atoms with Gasteiger partial charge in [-0.2, -0.15) is 0 Å². The van der Waals surface area contributed by atoms with Gasteiger partial charge < -0.3 is 15.6 Å². The zero-order chi connectivity index (χ0) is 12.1. The first-order chi connectivity index (χ1) is 7.50. The summed E-state index contributed by atoms with van der Waals surface area (Å²) in [7, 11) is 0. The second-order valence-corrected chi connectivity index (χ2v) is 4.44. The normalized spacial score (nSPS) is 14.8. The summed E-state index contributed by atoms with van der Waals surface area (Å²) in [5.41, 5.74) is 5.75. The number of hydrogen-bond acceptors (Lipinski definition) is 3. The lowest BCUT2D eigenvalue weighted by Crippen LogP contribution is -2.47. The van der Waals surface area contributed by atoms with E-state index < -0.39 is 6.04 Å². The van der Waals surface area contributed by atoms with Crippen molar-refractivity contribution < 1.29 is 4.79 Å². The average molecular weight is 224 g/mol. The summed E-state index contributed by atoms with van der Waals surface area (Å²) in [6.45, 7) is 6.52. The predicted molar refractivity (Wildman–Crippen MR) is 62.6 cm³/mol. The summed E-state index contributed by atoms with van der Waals surface area (Å²) in [6.07, 6.45) is 5.31. The van der Waals surface area contributed by atoms with Crippen LogP contribution in [0.15, 0.2) is 18.7 Å². The summed E-state index contributed by atoms with van der Waals surface area (Å²) >= 11 is 0. The molecule has 0 bridgehead atoms. The van der Waals surface area contributed by atoms with Crippen LogP contribution in [0.4, 0.5) is 0 Å². The molecule has 1 aromatic heterocycles. The average Bonchev–Trinajstić information content (AvgIpc) is 2.68. The highest BCUT2D eigenvalue weighted by molar-refractivity contribution is 5.81. The molecule has 0 aliphatic carbocycles. The maximum Gasteiger partial charge on any atom is 0.237 e. The molecule has 0 aromatic carbocycles. The largest absolute Gasteiger partial charge is 0.350 e. The van der Waals surface area contributed by atoms with E-state index in [2.05, 4.69) is 10.3 Å². The van der Waals surface area contributed by atoms with Crippen LogP contribution in [0.5, 0.6) is 0 Å². The number of nitrogens with one attached hydrogen (secondary N) is 1. The van der Waals surface area contributed by atoms with Gasteiger partial charge in [-0.1, -0.05) is 13.8 Å². The number of aromatic nitrogens is 2. The van der Waals surface area contributed by atoms with Crippen LogP contribution in [0.1, 0.15) is 20.8 Å². The highest BCUT2D eigenvalue weighted by atomic mass is 16.2. The van der Waals surface area contributed by atoms with Crippen LogP contribution in [0.3, 0.4) is 0 Å². The quantitative estimate of drug-likeness (QED) is 0.759. The van der Waals surface area contributed by atoms with Gasteiger partial charge in [-0.3, -0.25) is 4.79 Å². The Bertz CT molecular complexity index is 321. The van der Waals surface area contributed by atoms with Crippen LogP contribution in [0.2, 0.25) is 0 Å². The fourth-order valence-electron chi connectivity index (χ4n) is 1.40. The first-order valence-corrected chi connectivity index (χ1v) is 5.52. The smallest absolute Gasteiger partial charge is 0.237 e. The molecule has 2 atom stereocenters. The molecule has 90 valence electrons. The van der Waals surface area contributed by atoms with E-state index >= 15 is 0 Å². The lowest BCUT2D eigenvalue weighted by atomic mass is 10.0. The second kappa shape index (κ2) is 5.65. The molecule has 1 rings (SSSR count). The Labute approximate surface area is 96.0 Å². The van der Waals surface area contributed by atoms with E-state index in [1.54, 1.807) is 12.5 Å². The van der Waals surface area contributed by atoms with Gasteiger partial charge in [-0.05, 0) is 12.8 Å². The van der Waals surface area contributed by atoms with E-state index in [9.17, 15) is 4.79 Å². The lowest BCUT2D eigenvalue weighted by Gasteiger charge is -2.19. The molecule has 0 aliphatic rings. The number of carbonyl (C=O) groups is 1. The Kier molecular flexibility index (Phi) is 4.49. The van der Waals surface area contributed by atoms with Crippen molar-refractivity contribution in [2.24, 2.45) is 11.7 Å². The van der Waals surface area contributed by atoms with Crippen LogP contribution in [0, 0.1) is 5.92 Å². The standard InChI is InChI=1S/C11H20N4O/c1-8(2)10(12)11(16)14-9(3)6-15-5-4-13-7-15/h4-5,7-10H,6,12H2,1-3H3,(H,14,16)/t9?,10-/m0/s1. The molecule has 1 heterocycles. The van der Waals surface area contributed by atoms with Gasteiger partial charge in [0.1, 0.15) is 0 Å². The van der Waals surface area contributed by atoms with Crippen LogP contribution in [-0.2, 0) is 11.3 Å². The summed E-state index contributed by atoms with van der Waals surface area (Å²) in [6, 6.07) is -0.392. The van der Waals surface area contributed by atoms with Gasteiger partial charge in [-0.15, -0.1) is 0 Å². The molecule has 3 N–H and O–H groups in total. The summed E-state index contributed by atoms with van der Waals surface area (Å²) in [5.74, 6) is 0.0584. The molecule has 1 unspecified atom stereocenters. The fourth-order valence-corrected chi connectivity index (χ4v) is 1.40. The molecular weight excluding hydrogens is 204 g/mol. The third-order valence-electron chi connectivity index (χ3n) is 2.45. The van der Waals surface area contributed by atoms with E-state index in [-0.39, 0.29) is 17.9 Å². The van der Waals surface area contributed by atoms with Crippen molar-refractivity contribution in [3.8, 4) is 0 Å². The highest BCUT2D eigenvalue weighted by Crippen LogP contribution is 1.99. The first kappa shape index (κ1) is 12.7. The Balaban J connectivity index is 2.39. The minimum absolute atomic E-state index is 0.0477. The number of imidazole rings is 1. The van der Waals surface area contributed by atoms with Crippen LogP contribution >= 0.6 is 0 Å². The first-order valence-electron chi connectivity index (χ1n) is 5.52. The van der Waals surface area contributed by atoms with Crippen molar-refractivity contribution in [3.05, 3.63) is 18.7 Å². The number of amides is 1. The highest BCUT2D eigenvalue weighted by Gasteiger charge is 2.18. The zero-order valence-corrected chi connectivity index (χ0v) is 10.1. The fraction of sp³-hybridized carbons (Fsp3) is 0.636. The van der Waals surface area contributed by atoms with Gasteiger partial charge in [-0.25, -0.2) is 4.98 Å². The number of carbonyl (C=O) groups excluding carboxylic acids is 1. The van der Waals surface area contributed by atoms with E-state index in [0.717, 1.165) is 0 Å². The zero-order valence-electron chi connectivity index (χ0n) is 10.1. The number of hydrogen-bond donors (Lipinski definition) is 2. The Morgan fingerprint density at radius 3 is 2.69 bits per heavy atom. The second-order valence-electron chi connectivity index (χ2n) is 4.44. The van der Waals surface area contributed by atoms with Gasteiger partial charge in [0.15, 0.2) is 0 Å². The topological polar surface area (TPSA) is 72.9 Å². The van der Waals surface area contributed by atoms with Gasteiger partial charge >= 0.3 is 0 Å². The minimum atomic E-state index is -0.440. The van der Waals surface area contributed by atoms with Crippen molar-refractivity contribution in [1.29, 1.82) is 0 Å². The Hall–Kier alpha value is -1.36. The Morgan fingerprint density at radius 1 is 1.50 bits per heavy atom. The van der Waals surface area contributed by atoms with Crippen molar-refractivity contribution in [1.82, 2.24) is 14.9 Å². The minimum Gasteiger partial charge on any atom is -0.350 e. The molecule has 0 fully saturated rings. The third-order valence-corrected chi connectivity index (χ3v) is 2.45. The van der Waals surface area contributed by atoms with E-state index in [0.29, 0.717) is 6.54 Å². The molecule has 0 saturated heterocycles.